The summed E-state index contributed by atoms with van der Waals surface area (Å²) < 4.78 is 2.23. The van der Waals surface area contributed by atoms with Crippen molar-refractivity contribution in [2.75, 3.05) is 5.73 Å². The zero-order chi connectivity index (χ0) is 11.9. The maximum Gasteiger partial charge on any atom is 0.151 e. The molecule has 2 aromatic heterocycles. The number of nitrogens with zero attached hydrogens (tertiary/aromatic N) is 3. The fourth-order valence-corrected chi connectivity index (χ4v) is 2.02. The van der Waals surface area contributed by atoms with E-state index in [1.165, 1.54) is 0 Å². The molecule has 4 nitrogen and oxygen atoms in total. The summed E-state index contributed by atoms with van der Waals surface area (Å²) in [7, 11) is 0. The van der Waals surface area contributed by atoms with E-state index in [4.69, 9.17) is 5.73 Å². The van der Waals surface area contributed by atoms with Crippen LogP contribution in [0.15, 0.2) is 6.20 Å². The van der Waals surface area contributed by atoms with E-state index in [1.807, 2.05) is 20.0 Å². The molecule has 0 unspecified atom stereocenters. The van der Waals surface area contributed by atoms with E-state index in [9.17, 15) is 0 Å². The number of rotatable bonds is 2. The summed E-state index contributed by atoms with van der Waals surface area (Å²) in [5.41, 5.74) is 8.94. The van der Waals surface area contributed by atoms with Gasteiger partial charge in [-0.3, -0.25) is 0 Å². The lowest BCUT2D eigenvalue weighted by molar-refractivity contribution is 0.523. The van der Waals surface area contributed by atoms with Crippen LogP contribution in [0.2, 0.25) is 0 Å². The van der Waals surface area contributed by atoms with Gasteiger partial charge in [-0.2, -0.15) is 0 Å². The molecule has 0 aromatic carbocycles. The summed E-state index contributed by atoms with van der Waals surface area (Å²) in [5, 5.41) is 0. The Morgan fingerprint density at radius 2 is 2.06 bits per heavy atom. The van der Waals surface area contributed by atoms with Crippen LogP contribution >= 0.6 is 0 Å². The second kappa shape index (κ2) is 3.77. The lowest BCUT2D eigenvalue weighted by atomic mass is 10.2. The number of nitrogens with two attached hydrogens (primary N) is 1. The second-order valence-electron chi connectivity index (χ2n) is 4.69. The third-order valence-electron chi connectivity index (χ3n) is 2.72. The van der Waals surface area contributed by atoms with Crippen molar-refractivity contribution < 1.29 is 0 Å². The number of hydrogen-bond donors (Lipinski definition) is 1. The molecule has 0 aliphatic rings. The van der Waals surface area contributed by atoms with Gasteiger partial charge in [-0.25, -0.2) is 9.97 Å². The molecule has 2 rings (SSSR count). The zero-order valence-corrected chi connectivity index (χ0v) is 10.3. The van der Waals surface area contributed by atoms with Gasteiger partial charge >= 0.3 is 0 Å². The smallest absolute Gasteiger partial charge is 0.151 e. The van der Waals surface area contributed by atoms with E-state index < -0.39 is 0 Å². The molecule has 0 radical (unpaired) electrons. The van der Waals surface area contributed by atoms with Gasteiger partial charge in [0.05, 0.1) is 5.52 Å². The maximum absolute atomic E-state index is 5.85. The second-order valence-corrected chi connectivity index (χ2v) is 4.69. The number of anilines is 1. The third-order valence-corrected chi connectivity index (χ3v) is 2.72. The normalized spacial score (nSPS) is 11.6. The summed E-state index contributed by atoms with van der Waals surface area (Å²) >= 11 is 0. The van der Waals surface area contributed by atoms with Crippen molar-refractivity contribution in [2.24, 2.45) is 5.92 Å². The molecule has 0 aliphatic carbocycles. The summed E-state index contributed by atoms with van der Waals surface area (Å²) in [6, 6.07) is 0. The molecular formula is C12H18N4. The standard InChI is InChI=1S/C12H18N4/c1-7(2)6-16-9(4)15-10-11(16)8(3)5-14-12(10)13/h5,7H,6H2,1-4H3,(H2,13,14). The molecule has 0 saturated heterocycles. The van der Waals surface area contributed by atoms with Gasteiger partial charge in [0.25, 0.3) is 0 Å². The number of aromatic nitrogens is 3. The molecular weight excluding hydrogens is 200 g/mol. The van der Waals surface area contributed by atoms with Gasteiger partial charge in [0.1, 0.15) is 11.3 Å². The summed E-state index contributed by atoms with van der Waals surface area (Å²) in [6.45, 7) is 9.43. The van der Waals surface area contributed by atoms with Crippen LogP contribution in [-0.2, 0) is 6.54 Å². The topological polar surface area (TPSA) is 56.7 Å². The Morgan fingerprint density at radius 3 is 2.69 bits per heavy atom. The molecule has 4 heteroatoms. The summed E-state index contributed by atoms with van der Waals surface area (Å²) in [5.74, 6) is 2.11. The first kappa shape index (κ1) is 10.9. The monoisotopic (exact) mass is 218 g/mol. The van der Waals surface area contributed by atoms with Crippen LogP contribution < -0.4 is 5.73 Å². The molecule has 0 fully saturated rings. The van der Waals surface area contributed by atoms with Gasteiger partial charge in [0, 0.05) is 12.7 Å². The molecule has 2 heterocycles. The lowest BCUT2D eigenvalue weighted by Gasteiger charge is -2.10. The first-order valence-corrected chi connectivity index (χ1v) is 5.58. The molecule has 0 amide bonds. The molecule has 2 aromatic rings. The predicted molar refractivity (Wildman–Crippen MR) is 66.3 cm³/mol. The largest absolute Gasteiger partial charge is 0.382 e. The van der Waals surface area contributed by atoms with E-state index in [1.54, 1.807) is 0 Å². The van der Waals surface area contributed by atoms with Crippen molar-refractivity contribution in [3.8, 4) is 0 Å². The van der Waals surface area contributed by atoms with Crippen LogP contribution in [0.3, 0.4) is 0 Å². The van der Waals surface area contributed by atoms with Gasteiger partial charge in [-0.15, -0.1) is 0 Å². The molecule has 0 aliphatic heterocycles. The highest BCUT2D eigenvalue weighted by Gasteiger charge is 2.13. The van der Waals surface area contributed by atoms with Gasteiger partial charge < -0.3 is 10.3 Å². The van der Waals surface area contributed by atoms with Crippen molar-refractivity contribution in [3.63, 3.8) is 0 Å². The molecule has 0 atom stereocenters. The van der Waals surface area contributed by atoms with Crippen molar-refractivity contribution in [3.05, 3.63) is 17.6 Å². The Balaban J connectivity index is 2.72. The first-order chi connectivity index (χ1) is 7.50. The average Bonchev–Trinajstić information content (AvgIpc) is 2.51. The van der Waals surface area contributed by atoms with Crippen molar-refractivity contribution in [2.45, 2.75) is 34.2 Å². The van der Waals surface area contributed by atoms with Gasteiger partial charge in [-0.1, -0.05) is 13.8 Å². The minimum Gasteiger partial charge on any atom is -0.382 e. The maximum atomic E-state index is 5.85. The molecule has 0 saturated carbocycles. The highest BCUT2D eigenvalue weighted by Crippen LogP contribution is 2.23. The van der Waals surface area contributed by atoms with Crippen LogP contribution in [0.5, 0.6) is 0 Å². The summed E-state index contributed by atoms with van der Waals surface area (Å²) in [4.78, 5) is 8.64. The third kappa shape index (κ3) is 1.64. The predicted octanol–water partition coefficient (Wildman–Crippen LogP) is 2.29. The minimum atomic E-state index is 0.520. The Hall–Kier alpha value is -1.58. The van der Waals surface area contributed by atoms with Crippen LogP contribution in [0.1, 0.15) is 25.2 Å². The SMILES string of the molecule is Cc1cnc(N)c2nc(C)n(CC(C)C)c12. The van der Waals surface area contributed by atoms with Crippen molar-refractivity contribution in [1.82, 2.24) is 14.5 Å². The van der Waals surface area contributed by atoms with E-state index in [2.05, 4.69) is 28.4 Å². The van der Waals surface area contributed by atoms with Crippen LogP contribution in [-0.4, -0.2) is 14.5 Å². The molecule has 16 heavy (non-hydrogen) atoms. The van der Waals surface area contributed by atoms with Crippen LogP contribution in [0, 0.1) is 19.8 Å². The molecule has 86 valence electrons. The van der Waals surface area contributed by atoms with Crippen molar-refractivity contribution in [1.29, 1.82) is 0 Å². The number of pyridine rings is 1. The molecule has 0 spiro atoms. The van der Waals surface area contributed by atoms with Crippen molar-refractivity contribution >= 4 is 16.9 Å². The number of nitrogen functional groups attached to an aromatic ring is 1. The van der Waals surface area contributed by atoms with E-state index in [-0.39, 0.29) is 0 Å². The van der Waals surface area contributed by atoms with Gasteiger partial charge in [-0.05, 0) is 25.3 Å². The fourth-order valence-electron chi connectivity index (χ4n) is 2.02. The van der Waals surface area contributed by atoms with Crippen LogP contribution in [0.25, 0.3) is 11.0 Å². The Kier molecular flexibility index (Phi) is 2.58. The van der Waals surface area contributed by atoms with E-state index >= 15 is 0 Å². The average molecular weight is 218 g/mol. The fraction of sp³-hybridized carbons (Fsp3) is 0.500. The number of imidazole rings is 1. The Morgan fingerprint density at radius 1 is 1.38 bits per heavy atom. The van der Waals surface area contributed by atoms with Crippen LogP contribution in [0.4, 0.5) is 5.82 Å². The number of hydrogen-bond acceptors (Lipinski definition) is 3. The zero-order valence-electron chi connectivity index (χ0n) is 10.3. The van der Waals surface area contributed by atoms with E-state index in [0.29, 0.717) is 11.7 Å². The van der Waals surface area contributed by atoms with Gasteiger partial charge in [0.15, 0.2) is 5.82 Å². The highest BCUT2D eigenvalue weighted by molar-refractivity contribution is 5.87. The highest BCUT2D eigenvalue weighted by atomic mass is 15.1. The molecule has 2 N–H and O–H groups in total. The molecule has 0 bridgehead atoms. The lowest BCUT2D eigenvalue weighted by Crippen LogP contribution is -2.07. The quantitative estimate of drug-likeness (QED) is 0.841. The number of fused-ring (bicyclic) bond motifs is 1. The number of aryl methyl sites for hydroxylation is 2. The minimum absolute atomic E-state index is 0.520. The first-order valence-electron chi connectivity index (χ1n) is 5.58. The van der Waals surface area contributed by atoms with Gasteiger partial charge in [0.2, 0.25) is 0 Å². The Bertz CT molecular complexity index is 525. The summed E-state index contributed by atoms with van der Waals surface area (Å²) in [6.07, 6.45) is 1.82. The Labute approximate surface area is 95.5 Å². The van der Waals surface area contributed by atoms with E-state index in [0.717, 1.165) is 29.0 Å².